The summed E-state index contributed by atoms with van der Waals surface area (Å²) in [5, 5.41) is 4.22. The molecule has 0 saturated carbocycles. The molecule has 8 heteroatoms. The SMILES string of the molecule is Nc1cc(Cl)cc(Cl)c1S(=O)(=O)NCCc1ccsc1. The first-order valence-corrected chi connectivity index (χ1v) is 8.83. The number of hydrogen-bond acceptors (Lipinski definition) is 4. The highest BCUT2D eigenvalue weighted by atomic mass is 35.5. The van der Waals surface area contributed by atoms with Gasteiger partial charge in [-0.1, -0.05) is 23.2 Å². The maximum atomic E-state index is 12.2. The third-order valence-electron chi connectivity index (χ3n) is 2.59. The van der Waals surface area contributed by atoms with Crippen LogP contribution in [0.1, 0.15) is 5.56 Å². The van der Waals surface area contributed by atoms with Gasteiger partial charge in [0.05, 0.1) is 10.7 Å². The van der Waals surface area contributed by atoms with Crippen LogP contribution in [0.25, 0.3) is 0 Å². The van der Waals surface area contributed by atoms with E-state index in [1.165, 1.54) is 12.1 Å². The van der Waals surface area contributed by atoms with Crippen LogP contribution in [0, 0.1) is 0 Å². The molecule has 0 aliphatic rings. The van der Waals surface area contributed by atoms with Crippen LogP contribution in [0.2, 0.25) is 10.0 Å². The number of nitrogens with one attached hydrogen (secondary N) is 1. The largest absolute Gasteiger partial charge is 0.398 e. The number of sulfonamides is 1. The van der Waals surface area contributed by atoms with Gasteiger partial charge in [0.15, 0.2) is 0 Å². The van der Waals surface area contributed by atoms with Crippen molar-refractivity contribution in [3.8, 4) is 0 Å². The predicted molar refractivity (Wildman–Crippen MR) is 84.1 cm³/mol. The average Bonchev–Trinajstić information content (AvgIpc) is 2.79. The summed E-state index contributed by atoms with van der Waals surface area (Å²) in [4.78, 5) is -0.131. The zero-order valence-electron chi connectivity index (χ0n) is 10.3. The lowest BCUT2D eigenvalue weighted by Gasteiger charge is -2.11. The standard InChI is InChI=1S/C12H12Cl2N2O2S2/c13-9-5-10(14)12(11(15)6-9)20(17,18)16-3-1-8-2-4-19-7-8/h2,4-7,16H,1,3,15H2. The molecule has 0 atom stereocenters. The molecule has 0 aliphatic carbocycles. The zero-order chi connectivity index (χ0) is 14.8. The Hall–Kier alpha value is -0.790. The Morgan fingerprint density at radius 1 is 1.30 bits per heavy atom. The van der Waals surface area contributed by atoms with Crippen LogP contribution in [0.3, 0.4) is 0 Å². The first kappa shape index (κ1) is 15.6. The van der Waals surface area contributed by atoms with E-state index in [0.29, 0.717) is 11.4 Å². The van der Waals surface area contributed by atoms with E-state index in [9.17, 15) is 8.42 Å². The van der Waals surface area contributed by atoms with Crippen LogP contribution in [-0.2, 0) is 16.4 Å². The molecule has 0 unspecified atom stereocenters. The van der Waals surface area contributed by atoms with Crippen LogP contribution in [0.15, 0.2) is 33.9 Å². The minimum absolute atomic E-state index is 0.0121. The molecule has 3 N–H and O–H groups in total. The van der Waals surface area contributed by atoms with Crippen LogP contribution < -0.4 is 10.5 Å². The predicted octanol–water partition coefficient (Wildman–Crippen LogP) is 3.16. The van der Waals surface area contributed by atoms with Crippen LogP contribution >= 0.6 is 34.5 Å². The highest BCUT2D eigenvalue weighted by Crippen LogP contribution is 2.30. The van der Waals surface area contributed by atoms with Crippen LogP contribution in [0.4, 0.5) is 5.69 Å². The number of thiophene rings is 1. The highest BCUT2D eigenvalue weighted by Gasteiger charge is 2.21. The molecule has 108 valence electrons. The molecule has 0 bridgehead atoms. The van der Waals surface area contributed by atoms with E-state index in [-0.39, 0.29) is 22.2 Å². The Kier molecular flexibility index (Phi) is 4.93. The zero-order valence-corrected chi connectivity index (χ0v) is 13.4. The number of rotatable bonds is 5. The van der Waals surface area contributed by atoms with Gasteiger partial charge in [0.25, 0.3) is 0 Å². The van der Waals surface area contributed by atoms with Gasteiger partial charge in [-0.05, 0) is 40.9 Å². The Bertz CT molecular complexity index is 677. The Morgan fingerprint density at radius 3 is 2.65 bits per heavy atom. The van der Waals surface area contributed by atoms with Crippen LogP contribution in [-0.4, -0.2) is 15.0 Å². The van der Waals surface area contributed by atoms with Gasteiger partial charge in [-0.15, -0.1) is 0 Å². The second-order valence-corrected chi connectivity index (χ2v) is 7.41. The minimum Gasteiger partial charge on any atom is -0.398 e. The van der Waals surface area contributed by atoms with E-state index in [2.05, 4.69) is 4.72 Å². The number of benzene rings is 1. The molecule has 20 heavy (non-hydrogen) atoms. The molecule has 0 radical (unpaired) electrons. The van der Waals surface area contributed by atoms with Gasteiger partial charge in [0.2, 0.25) is 10.0 Å². The first-order chi connectivity index (χ1) is 9.40. The van der Waals surface area contributed by atoms with E-state index in [4.69, 9.17) is 28.9 Å². The number of nitrogens with two attached hydrogens (primary N) is 1. The topological polar surface area (TPSA) is 72.2 Å². The third kappa shape index (κ3) is 3.65. The fourth-order valence-electron chi connectivity index (χ4n) is 1.70. The Balaban J connectivity index is 2.14. The smallest absolute Gasteiger partial charge is 0.244 e. The van der Waals surface area contributed by atoms with Crippen molar-refractivity contribution < 1.29 is 8.42 Å². The number of hydrogen-bond donors (Lipinski definition) is 2. The molecule has 0 saturated heterocycles. The number of nitrogen functional groups attached to an aromatic ring is 1. The molecule has 0 fully saturated rings. The summed E-state index contributed by atoms with van der Waals surface area (Å²) in [5.41, 5.74) is 6.80. The third-order valence-corrected chi connectivity index (χ3v) is 5.53. The lowest BCUT2D eigenvalue weighted by atomic mass is 10.2. The van der Waals surface area contributed by atoms with E-state index in [0.717, 1.165) is 5.56 Å². The molecule has 4 nitrogen and oxygen atoms in total. The summed E-state index contributed by atoms with van der Waals surface area (Å²) in [7, 11) is -3.75. The first-order valence-electron chi connectivity index (χ1n) is 5.65. The Labute approximate surface area is 131 Å². The summed E-state index contributed by atoms with van der Waals surface area (Å²) < 4.78 is 26.9. The molecule has 1 aromatic heterocycles. The normalized spacial score (nSPS) is 11.7. The molecule has 0 spiro atoms. The quantitative estimate of drug-likeness (QED) is 0.813. The van der Waals surface area contributed by atoms with Gasteiger partial charge in [-0.3, -0.25) is 0 Å². The van der Waals surface area contributed by atoms with E-state index in [1.807, 2.05) is 16.8 Å². The van der Waals surface area contributed by atoms with Crippen molar-refractivity contribution in [1.82, 2.24) is 4.72 Å². The molecule has 0 aliphatic heterocycles. The summed E-state index contributed by atoms with van der Waals surface area (Å²) >= 11 is 13.2. The van der Waals surface area contributed by atoms with E-state index in [1.54, 1.807) is 11.3 Å². The molecule has 2 aromatic rings. The minimum atomic E-state index is -3.75. The highest BCUT2D eigenvalue weighted by molar-refractivity contribution is 7.89. The summed E-state index contributed by atoms with van der Waals surface area (Å²) in [6, 6.07) is 4.66. The van der Waals surface area contributed by atoms with Crippen molar-refractivity contribution in [1.29, 1.82) is 0 Å². The molecule has 1 heterocycles. The average molecular weight is 351 g/mol. The van der Waals surface area contributed by atoms with Crippen molar-refractivity contribution in [3.05, 3.63) is 44.6 Å². The van der Waals surface area contributed by atoms with Crippen molar-refractivity contribution >= 4 is 50.2 Å². The van der Waals surface area contributed by atoms with Crippen molar-refractivity contribution in [2.24, 2.45) is 0 Å². The fourth-order valence-corrected chi connectivity index (χ4v) is 4.42. The van der Waals surface area contributed by atoms with Gasteiger partial charge >= 0.3 is 0 Å². The second-order valence-electron chi connectivity index (χ2n) is 4.09. The van der Waals surface area contributed by atoms with Gasteiger partial charge in [-0.2, -0.15) is 11.3 Å². The van der Waals surface area contributed by atoms with Gasteiger partial charge in [0, 0.05) is 11.6 Å². The van der Waals surface area contributed by atoms with Crippen molar-refractivity contribution in [3.63, 3.8) is 0 Å². The van der Waals surface area contributed by atoms with Crippen LogP contribution in [0.5, 0.6) is 0 Å². The number of anilines is 1. The molecule has 0 amide bonds. The molecular formula is C12H12Cl2N2O2S2. The van der Waals surface area contributed by atoms with Gasteiger partial charge in [-0.25, -0.2) is 13.1 Å². The Morgan fingerprint density at radius 2 is 2.05 bits per heavy atom. The summed E-state index contributed by atoms with van der Waals surface area (Å²) in [6.45, 7) is 0.275. The number of halogens is 2. The lowest BCUT2D eigenvalue weighted by Crippen LogP contribution is -2.27. The van der Waals surface area contributed by atoms with E-state index >= 15 is 0 Å². The van der Waals surface area contributed by atoms with Crippen molar-refractivity contribution in [2.45, 2.75) is 11.3 Å². The lowest BCUT2D eigenvalue weighted by molar-refractivity contribution is 0.582. The fraction of sp³-hybridized carbons (Fsp3) is 0.167. The second kappa shape index (κ2) is 6.32. The maximum Gasteiger partial charge on any atom is 0.244 e. The van der Waals surface area contributed by atoms with Crippen molar-refractivity contribution in [2.75, 3.05) is 12.3 Å². The van der Waals surface area contributed by atoms with E-state index < -0.39 is 10.0 Å². The van der Waals surface area contributed by atoms with Gasteiger partial charge < -0.3 is 5.73 Å². The molecule has 2 rings (SSSR count). The summed E-state index contributed by atoms with van der Waals surface area (Å²) in [6.07, 6.45) is 0.605. The maximum absolute atomic E-state index is 12.2. The van der Waals surface area contributed by atoms with Gasteiger partial charge in [0.1, 0.15) is 4.90 Å². The monoisotopic (exact) mass is 350 g/mol. The molecule has 1 aromatic carbocycles. The summed E-state index contributed by atoms with van der Waals surface area (Å²) in [5.74, 6) is 0. The molecular weight excluding hydrogens is 339 g/mol.